The predicted molar refractivity (Wildman–Crippen MR) is 65.4 cm³/mol. The molecule has 0 heteroatoms. The van der Waals surface area contributed by atoms with Crippen LogP contribution in [0.5, 0.6) is 0 Å². The molecule has 0 saturated heterocycles. The number of hydrogen-bond donors (Lipinski definition) is 0. The molecule has 0 spiro atoms. The largest absolute Gasteiger partial charge is 0.123 e. The van der Waals surface area contributed by atoms with E-state index in [1.165, 1.54) is 16.7 Å². The molecule has 0 aliphatic heterocycles. The second-order valence-electron chi connectivity index (χ2n) is 3.92. The van der Waals surface area contributed by atoms with Gasteiger partial charge in [-0.25, -0.2) is 0 Å². The molecule has 0 aliphatic rings. The van der Waals surface area contributed by atoms with Crippen molar-refractivity contribution in [3.05, 3.63) is 41.2 Å². The summed E-state index contributed by atoms with van der Waals surface area (Å²) in [7, 11) is 0. The fourth-order valence-corrected chi connectivity index (χ4v) is 1.15. The standard InChI is InChI=1S/C14H22/c1-6-14(11-13(4)5)10-8-7-9-12(2)3/h7-8H,2,6,9-10H2,1,3-5H3/b8-7+. The van der Waals surface area contributed by atoms with Gasteiger partial charge in [0.2, 0.25) is 0 Å². The lowest BCUT2D eigenvalue weighted by Crippen LogP contribution is -1.77. The van der Waals surface area contributed by atoms with Gasteiger partial charge in [0.1, 0.15) is 0 Å². The van der Waals surface area contributed by atoms with Crippen molar-refractivity contribution in [2.45, 2.75) is 47.0 Å². The lowest BCUT2D eigenvalue weighted by molar-refractivity contribution is 1.03. The summed E-state index contributed by atoms with van der Waals surface area (Å²) in [5, 5.41) is 0. The Balaban J connectivity index is 4.17. The maximum atomic E-state index is 3.86. The molecule has 0 rings (SSSR count). The highest BCUT2D eigenvalue weighted by molar-refractivity contribution is 5.11. The van der Waals surface area contributed by atoms with E-state index in [2.05, 4.69) is 52.2 Å². The second kappa shape index (κ2) is 7.41. The number of allylic oxidation sites excluding steroid dienone is 4. The molecule has 0 atom stereocenters. The van der Waals surface area contributed by atoms with E-state index in [1.54, 1.807) is 0 Å². The number of hydrogen-bond acceptors (Lipinski definition) is 0. The molecule has 0 fully saturated rings. The summed E-state index contributed by atoms with van der Waals surface area (Å²) in [4.78, 5) is 0. The maximum Gasteiger partial charge on any atom is -0.00625 e. The van der Waals surface area contributed by atoms with Crippen molar-refractivity contribution in [1.82, 2.24) is 0 Å². The Morgan fingerprint density at radius 1 is 1.14 bits per heavy atom. The summed E-state index contributed by atoms with van der Waals surface area (Å²) in [5.41, 5.74) is 7.23. The average Bonchev–Trinajstić information content (AvgIpc) is 2.09. The van der Waals surface area contributed by atoms with Crippen molar-refractivity contribution in [3.63, 3.8) is 0 Å². The third-order valence-electron chi connectivity index (χ3n) is 1.85. The first-order valence-electron chi connectivity index (χ1n) is 5.27. The minimum absolute atomic E-state index is 0.992. The molecule has 0 bridgehead atoms. The highest BCUT2D eigenvalue weighted by atomic mass is 13.9. The average molecular weight is 190 g/mol. The molecular weight excluding hydrogens is 168 g/mol. The maximum absolute atomic E-state index is 3.86. The summed E-state index contributed by atoms with van der Waals surface area (Å²) in [6.07, 6.45) is 7.50. The summed E-state index contributed by atoms with van der Waals surface area (Å²) < 4.78 is 0. The van der Waals surface area contributed by atoms with Crippen molar-refractivity contribution >= 4 is 0 Å². The first kappa shape index (κ1) is 13.0. The third-order valence-corrected chi connectivity index (χ3v) is 1.85. The van der Waals surface area contributed by atoms with E-state index in [-0.39, 0.29) is 0 Å². The zero-order chi connectivity index (χ0) is 11.0. The van der Waals surface area contributed by atoms with Crippen LogP contribution in [0.15, 0.2) is 41.2 Å². The fraction of sp³-hybridized carbons (Fsp3) is 0.500. The summed E-state index contributed by atoms with van der Waals surface area (Å²) in [5.74, 6) is 0. The topological polar surface area (TPSA) is 0 Å². The van der Waals surface area contributed by atoms with Gasteiger partial charge in [-0.3, -0.25) is 0 Å². The Hall–Kier alpha value is -1.00. The Morgan fingerprint density at radius 2 is 1.71 bits per heavy atom. The minimum Gasteiger partial charge on any atom is -0.123 e. The zero-order valence-corrected chi connectivity index (χ0v) is 9.98. The molecule has 0 nitrogen and oxygen atoms in total. The van der Waals surface area contributed by atoms with Crippen molar-refractivity contribution in [3.8, 4) is 0 Å². The van der Waals surface area contributed by atoms with Crippen LogP contribution in [0.25, 0.3) is 0 Å². The third kappa shape index (κ3) is 7.64. The van der Waals surface area contributed by atoms with Crippen molar-refractivity contribution < 1.29 is 0 Å². The zero-order valence-electron chi connectivity index (χ0n) is 9.98. The van der Waals surface area contributed by atoms with E-state index in [1.807, 2.05) is 0 Å². The Kier molecular flexibility index (Phi) is 6.88. The van der Waals surface area contributed by atoms with Gasteiger partial charge in [-0.15, -0.1) is 5.73 Å². The smallest absolute Gasteiger partial charge is 0.00625 e. The Labute approximate surface area is 88.7 Å². The van der Waals surface area contributed by atoms with Gasteiger partial charge in [0.05, 0.1) is 0 Å². The van der Waals surface area contributed by atoms with Crippen LogP contribution in [-0.4, -0.2) is 0 Å². The normalized spacial score (nSPS) is 10.0. The van der Waals surface area contributed by atoms with Gasteiger partial charge in [-0.1, -0.05) is 31.2 Å². The molecule has 0 radical (unpaired) electrons. The van der Waals surface area contributed by atoms with Crippen LogP contribution in [0.1, 0.15) is 47.0 Å². The number of rotatable bonds is 5. The summed E-state index contributed by atoms with van der Waals surface area (Å²) in [6, 6.07) is 0. The highest BCUT2D eigenvalue weighted by Crippen LogP contribution is 2.08. The SMILES string of the molecule is C=C(C)C/C=C/CC(=C=C(C)C)CC. The van der Waals surface area contributed by atoms with E-state index in [4.69, 9.17) is 0 Å². The van der Waals surface area contributed by atoms with Crippen molar-refractivity contribution in [2.24, 2.45) is 0 Å². The molecule has 0 aromatic rings. The molecule has 0 aromatic carbocycles. The van der Waals surface area contributed by atoms with Crippen LogP contribution in [0.4, 0.5) is 0 Å². The predicted octanol–water partition coefficient (Wildman–Crippen LogP) is 4.80. The molecule has 0 aromatic heterocycles. The van der Waals surface area contributed by atoms with E-state index in [0.717, 1.165) is 19.3 Å². The van der Waals surface area contributed by atoms with E-state index >= 15 is 0 Å². The molecule has 0 aliphatic carbocycles. The molecule has 0 heterocycles. The molecule has 0 saturated carbocycles. The first-order chi connectivity index (χ1) is 6.56. The fourth-order valence-electron chi connectivity index (χ4n) is 1.15. The molecule has 78 valence electrons. The lowest BCUT2D eigenvalue weighted by Gasteiger charge is -1.96. The molecule has 0 amide bonds. The minimum atomic E-state index is 0.992. The molecule has 14 heavy (non-hydrogen) atoms. The molecule has 0 N–H and O–H groups in total. The van der Waals surface area contributed by atoms with Crippen LogP contribution in [-0.2, 0) is 0 Å². The summed E-state index contributed by atoms with van der Waals surface area (Å²) >= 11 is 0. The molecule has 0 unspecified atom stereocenters. The lowest BCUT2D eigenvalue weighted by atomic mass is 10.1. The van der Waals surface area contributed by atoms with Crippen molar-refractivity contribution in [2.75, 3.05) is 0 Å². The Morgan fingerprint density at radius 3 is 2.14 bits per heavy atom. The van der Waals surface area contributed by atoms with Gasteiger partial charge in [-0.05, 0) is 51.2 Å². The van der Waals surface area contributed by atoms with Gasteiger partial charge in [0.15, 0.2) is 0 Å². The van der Waals surface area contributed by atoms with E-state index in [0.29, 0.717) is 0 Å². The van der Waals surface area contributed by atoms with Crippen LogP contribution in [0.2, 0.25) is 0 Å². The van der Waals surface area contributed by atoms with E-state index in [9.17, 15) is 0 Å². The highest BCUT2D eigenvalue weighted by Gasteiger charge is 1.89. The van der Waals surface area contributed by atoms with E-state index < -0.39 is 0 Å². The van der Waals surface area contributed by atoms with Crippen LogP contribution in [0, 0.1) is 0 Å². The van der Waals surface area contributed by atoms with Gasteiger partial charge < -0.3 is 0 Å². The quantitative estimate of drug-likeness (QED) is 0.431. The van der Waals surface area contributed by atoms with Crippen LogP contribution < -0.4 is 0 Å². The summed E-state index contributed by atoms with van der Waals surface area (Å²) in [6.45, 7) is 12.3. The monoisotopic (exact) mass is 190 g/mol. The van der Waals surface area contributed by atoms with Gasteiger partial charge >= 0.3 is 0 Å². The van der Waals surface area contributed by atoms with Crippen LogP contribution in [0.3, 0.4) is 0 Å². The van der Waals surface area contributed by atoms with Crippen molar-refractivity contribution in [1.29, 1.82) is 0 Å². The van der Waals surface area contributed by atoms with Crippen LogP contribution >= 0.6 is 0 Å². The first-order valence-corrected chi connectivity index (χ1v) is 5.27. The molecular formula is C14H22. The van der Waals surface area contributed by atoms with Gasteiger partial charge in [-0.2, -0.15) is 0 Å². The van der Waals surface area contributed by atoms with Gasteiger partial charge in [0, 0.05) is 0 Å². The van der Waals surface area contributed by atoms with Gasteiger partial charge in [0.25, 0.3) is 0 Å². The Bertz CT molecular complexity index is 266. The second-order valence-corrected chi connectivity index (χ2v) is 3.92.